The average Bonchev–Trinajstić information content (AvgIpc) is 2.69. The Morgan fingerprint density at radius 2 is 2.05 bits per heavy atom. The largest absolute Gasteiger partial charge is 0.313 e. The summed E-state index contributed by atoms with van der Waals surface area (Å²) in [6.07, 6.45) is 2.23. The van der Waals surface area contributed by atoms with Crippen molar-refractivity contribution in [2.24, 2.45) is 5.41 Å². The lowest BCUT2D eigenvalue weighted by atomic mass is 9.87. The molecule has 0 spiro atoms. The van der Waals surface area contributed by atoms with E-state index < -0.39 is 10.8 Å². The summed E-state index contributed by atoms with van der Waals surface area (Å²) in [6, 6.07) is 8.67. The fraction of sp³-hybridized carbons (Fsp3) is 0.647. The first-order valence-electron chi connectivity index (χ1n) is 7.61. The molecule has 0 aromatic heterocycles. The van der Waals surface area contributed by atoms with Crippen LogP contribution in [0.25, 0.3) is 0 Å². The van der Waals surface area contributed by atoms with Crippen LogP contribution in [0.3, 0.4) is 0 Å². The van der Waals surface area contributed by atoms with E-state index in [1.165, 1.54) is 11.1 Å². The highest BCUT2D eigenvalue weighted by Crippen LogP contribution is 2.40. The summed E-state index contributed by atoms with van der Waals surface area (Å²) in [6.45, 7) is 9.78. The Hall–Kier alpha value is -0.670. The monoisotopic (exact) mass is 293 g/mol. The van der Waals surface area contributed by atoms with Crippen LogP contribution in [0.15, 0.2) is 24.3 Å². The molecule has 0 amide bonds. The lowest BCUT2D eigenvalue weighted by Crippen LogP contribution is -2.46. The van der Waals surface area contributed by atoms with Gasteiger partial charge in [0.1, 0.15) is 0 Å². The normalized spacial score (nSPS) is 26.6. The number of hydrogen-bond acceptors (Lipinski definition) is 2. The second-order valence-electron chi connectivity index (χ2n) is 6.55. The number of nitrogens with one attached hydrogen (secondary N) is 1. The van der Waals surface area contributed by atoms with E-state index in [0.29, 0.717) is 11.8 Å². The van der Waals surface area contributed by atoms with Crippen molar-refractivity contribution in [1.82, 2.24) is 5.32 Å². The molecule has 0 heterocycles. The summed E-state index contributed by atoms with van der Waals surface area (Å²) in [5.74, 6) is 0.690. The van der Waals surface area contributed by atoms with Crippen LogP contribution in [0.5, 0.6) is 0 Å². The molecule has 3 atom stereocenters. The van der Waals surface area contributed by atoms with E-state index in [1.54, 1.807) is 0 Å². The number of aryl methyl sites for hydroxylation is 1. The quantitative estimate of drug-likeness (QED) is 0.901. The zero-order valence-electron chi connectivity index (χ0n) is 13.1. The van der Waals surface area contributed by atoms with E-state index in [2.05, 4.69) is 45.1 Å². The van der Waals surface area contributed by atoms with Crippen LogP contribution in [-0.2, 0) is 16.6 Å². The van der Waals surface area contributed by atoms with E-state index in [9.17, 15) is 4.21 Å². The van der Waals surface area contributed by atoms with Gasteiger partial charge in [-0.25, -0.2) is 0 Å². The van der Waals surface area contributed by atoms with Crippen molar-refractivity contribution >= 4 is 10.8 Å². The summed E-state index contributed by atoms with van der Waals surface area (Å²) >= 11 is 0. The smallest absolute Gasteiger partial charge is 0.0510 e. The van der Waals surface area contributed by atoms with Crippen molar-refractivity contribution in [3.8, 4) is 0 Å². The number of rotatable bonds is 5. The van der Waals surface area contributed by atoms with Crippen LogP contribution in [0.4, 0.5) is 0 Å². The standard InChI is InChI=1S/C17H27NOS/c1-5-18-16-15(10-11-17(16,3)4)20(19)12-14-9-7-6-8-13(14)2/h6-9,15-16,18H,5,10-12H2,1-4H3. The first kappa shape index (κ1) is 15.7. The Balaban J connectivity index is 2.11. The van der Waals surface area contributed by atoms with Crippen molar-refractivity contribution < 1.29 is 4.21 Å². The van der Waals surface area contributed by atoms with Gasteiger partial charge < -0.3 is 5.32 Å². The summed E-state index contributed by atoms with van der Waals surface area (Å²) in [5, 5.41) is 3.86. The molecule has 2 nitrogen and oxygen atoms in total. The fourth-order valence-electron chi connectivity index (χ4n) is 3.28. The van der Waals surface area contributed by atoms with E-state index in [0.717, 1.165) is 19.4 Å². The molecule has 20 heavy (non-hydrogen) atoms. The third kappa shape index (κ3) is 3.32. The van der Waals surface area contributed by atoms with Gasteiger partial charge in [0.25, 0.3) is 0 Å². The van der Waals surface area contributed by atoms with Gasteiger partial charge in [-0.05, 0) is 42.9 Å². The number of benzene rings is 1. The third-order valence-corrected chi connectivity index (χ3v) is 6.39. The van der Waals surface area contributed by atoms with Gasteiger partial charge in [0.15, 0.2) is 0 Å². The van der Waals surface area contributed by atoms with Gasteiger partial charge in [-0.2, -0.15) is 0 Å². The molecule has 3 heteroatoms. The molecule has 0 bridgehead atoms. The molecule has 1 aliphatic carbocycles. The molecule has 1 saturated carbocycles. The SMILES string of the molecule is CCNC1C(S(=O)Cc2ccccc2C)CCC1(C)C. The van der Waals surface area contributed by atoms with Crippen LogP contribution in [0, 0.1) is 12.3 Å². The Morgan fingerprint density at radius 1 is 1.35 bits per heavy atom. The molecule has 1 aromatic rings. The molecule has 2 rings (SSSR count). The minimum absolute atomic E-state index is 0.252. The Kier molecular flexibility index (Phi) is 5.03. The second-order valence-corrected chi connectivity index (χ2v) is 8.21. The summed E-state index contributed by atoms with van der Waals surface area (Å²) in [7, 11) is -0.797. The lowest BCUT2D eigenvalue weighted by Gasteiger charge is -2.31. The van der Waals surface area contributed by atoms with Gasteiger partial charge >= 0.3 is 0 Å². The van der Waals surface area contributed by atoms with Crippen molar-refractivity contribution in [1.29, 1.82) is 0 Å². The summed E-state index contributed by atoms with van der Waals surface area (Å²) in [5.41, 5.74) is 2.73. The highest BCUT2D eigenvalue weighted by Gasteiger charge is 2.43. The van der Waals surface area contributed by atoms with Gasteiger partial charge in [0, 0.05) is 22.6 Å². The molecule has 0 saturated heterocycles. The van der Waals surface area contributed by atoms with E-state index in [1.807, 2.05) is 12.1 Å². The van der Waals surface area contributed by atoms with Crippen molar-refractivity contribution in [2.75, 3.05) is 6.54 Å². The zero-order chi connectivity index (χ0) is 14.8. The first-order chi connectivity index (χ1) is 9.45. The summed E-state index contributed by atoms with van der Waals surface area (Å²) in [4.78, 5) is 0. The minimum atomic E-state index is -0.797. The predicted molar refractivity (Wildman–Crippen MR) is 87.3 cm³/mol. The minimum Gasteiger partial charge on any atom is -0.313 e. The average molecular weight is 293 g/mol. The molecule has 1 N–H and O–H groups in total. The van der Waals surface area contributed by atoms with Crippen LogP contribution in [0.1, 0.15) is 44.7 Å². The Morgan fingerprint density at radius 3 is 2.70 bits per heavy atom. The zero-order valence-corrected chi connectivity index (χ0v) is 13.9. The van der Waals surface area contributed by atoms with E-state index in [-0.39, 0.29) is 10.7 Å². The van der Waals surface area contributed by atoms with Crippen LogP contribution in [0.2, 0.25) is 0 Å². The highest BCUT2D eigenvalue weighted by molar-refractivity contribution is 7.84. The van der Waals surface area contributed by atoms with E-state index in [4.69, 9.17) is 0 Å². The van der Waals surface area contributed by atoms with Gasteiger partial charge in [-0.3, -0.25) is 4.21 Å². The van der Waals surface area contributed by atoms with Crippen molar-refractivity contribution in [2.45, 2.75) is 57.6 Å². The van der Waals surface area contributed by atoms with Crippen LogP contribution >= 0.6 is 0 Å². The molecular formula is C17H27NOS. The first-order valence-corrected chi connectivity index (χ1v) is 8.99. The Labute approximate surface area is 125 Å². The molecule has 1 aromatic carbocycles. The van der Waals surface area contributed by atoms with Gasteiger partial charge in [-0.15, -0.1) is 0 Å². The maximum Gasteiger partial charge on any atom is 0.0510 e. The van der Waals surface area contributed by atoms with Crippen molar-refractivity contribution in [3.05, 3.63) is 35.4 Å². The fourth-order valence-corrected chi connectivity index (χ4v) is 5.28. The summed E-state index contributed by atoms with van der Waals surface area (Å²) < 4.78 is 12.8. The molecule has 1 fully saturated rings. The second kappa shape index (κ2) is 6.40. The van der Waals surface area contributed by atoms with Crippen LogP contribution in [-0.4, -0.2) is 22.0 Å². The van der Waals surface area contributed by atoms with E-state index >= 15 is 0 Å². The molecular weight excluding hydrogens is 266 g/mol. The topological polar surface area (TPSA) is 29.1 Å². The molecule has 1 aliphatic rings. The maximum absolute atomic E-state index is 12.8. The highest BCUT2D eigenvalue weighted by atomic mass is 32.2. The van der Waals surface area contributed by atoms with Gasteiger partial charge in [-0.1, -0.05) is 45.0 Å². The Bertz CT molecular complexity index is 484. The molecule has 0 radical (unpaired) electrons. The van der Waals surface area contributed by atoms with Crippen molar-refractivity contribution in [3.63, 3.8) is 0 Å². The molecule has 3 unspecified atom stereocenters. The van der Waals surface area contributed by atoms with Gasteiger partial charge in [0.2, 0.25) is 0 Å². The predicted octanol–water partition coefficient (Wildman–Crippen LogP) is 3.41. The maximum atomic E-state index is 12.8. The number of hydrogen-bond donors (Lipinski definition) is 1. The van der Waals surface area contributed by atoms with Crippen LogP contribution < -0.4 is 5.32 Å². The lowest BCUT2D eigenvalue weighted by molar-refractivity contribution is 0.289. The molecule has 112 valence electrons. The molecule has 0 aliphatic heterocycles. The van der Waals surface area contributed by atoms with Gasteiger partial charge in [0.05, 0.1) is 5.25 Å². The third-order valence-electron chi connectivity index (χ3n) is 4.61.